The van der Waals surface area contributed by atoms with Gasteiger partial charge in [0.25, 0.3) is 0 Å². The van der Waals surface area contributed by atoms with E-state index in [4.69, 9.17) is 4.42 Å². The summed E-state index contributed by atoms with van der Waals surface area (Å²) >= 11 is 0. The summed E-state index contributed by atoms with van der Waals surface area (Å²) < 4.78 is 12.0. The maximum atomic E-state index is 6.77. The third-order valence-corrected chi connectivity index (χ3v) is 11.9. The van der Waals surface area contributed by atoms with Gasteiger partial charge in [0.05, 0.1) is 22.1 Å². The summed E-state index contributed by atoms with van der Waals surface area (Å²) in [5, 5.41) is 7.43. The zero-order valence-corrected chi connectivity index (χ0v) is 28.0. The summed E-state index contributed by atoms with van der Waals surface area (Å²) in [6.45, 7) is -0.0445. The van der Waals surface area contributed by atoms with Gasteiger partial charge in [-0.25, -0.2) is 0 Å². The molecule has 0 bridgehead atoms. The Hall–Kier alpha value is -6.78. The molecule has 0 atom stereocenters. The average molecular weight is 659 g/mol. The van der Waals surface area contributed by atoms with Gasteiger partial charge < -0.3 is 13.5 Å². The third kappa shape index (κ3) is 3.24. The third-order valence-electron chi connectivity index (χ3n) is 11.9. The largest absolute Gasteiger partial charge is 0.456 e. The highest BCUT2D eigenvalue weighted by Crippen LogP contribution is 2.47. The van der Waals surface area contributed by atoms with Crippen LogP contribution in [0.15, 0.2) is 168 Å². The first kappa shape index (κ1) is 27.0. The molecule has 3 aromatic heterocycles. The topological polar surface area (TPSA) is 23.0 Å². The van der Waals surface area contributed by atoms with Crippen molar-refractivity contribution in [2.24, 2.45) is 0 Å². The lowest BCUT2D eigenvalue weighted by Crippen LogP contribution is -2.55. The molecule has 0 saturated carbocycles. The molecule has 0 saturated heterocycles. The molecule has 2 aliphatic heterocycles. The summed E-state index contributed by atoms with van der Waals surface area (Å²) in [5.74, 6) is 0. The maximum Gasteiger partial charge on any atom is 0.333 e. The Balaban J connectivity index is 1.30. The smallest absolute Gasteiger partial charge is 0.333 e. The lowest BCUT2D eigenvalue weighted by molar-refractivity contribution is 0.669. The van der Waals surface area contributed by atoms with Crippen LogP contribution in [0.4, 0.5) is 0 Å². The van der Waals surface area contributed by atoms with Crippen molar-refractivity contribution in [2.75, 3.05) is 0 Å². The quantitative estimate of drug-likeness (QED) is 0.170. The van der Waals surface area contributed by atoms with Gasteiger partial charge in [0.2, 0.25) is 0 Å². The van der Waals surface area contributed by atoms with E-state index in [1.54, 1.807) is 0 Å². The van der Waals surface area contributed by atoms with Crippen LogP contribution in [0.1, 0.15) is 0 Å². The fourth-order valence-corrected chi connectivity index (χ4v) is 9.80. The molecule has 0 spiro atoms. The lowest BCUT2D eigenvalue weighted by atomic mass is 9.45. The number of furan rings is 1. The van der Waals surface area contributed by atoms with Gasteiger partial charge in [0.15, 0.2) is 0 Å². The Labute approximate surface area is 298 Å². The molecule has 8 aromatic carbocycles. The van der Waals surface area contributed by atoms with E-state index in [2.05, 4.69) is 173 Å². The fourth-order valence-electron chi connectivity index (χ4n) is 9.80. The number of hydrogen-bond acceptors (Lipinski definition) is 1. The highest BCUT2D eigenvalue weighted by Gasteiger charge is 2.43. The molecule has 0 unspecified atom stereocenters. The Morgan fingerprint density at radius 1 is 0.423 bits per heavy atom. The molecule has 3 nitrogen and oxygen atoms in total. The van der Waals surface area contributed by atoms with Crippen molar-refractivity contribution in [1.82, 2.24) is 9.05 Å². The zero-order chi connectivity index (χ0) is 33.7. The Kier molecular flexibility index (Phi) is 4.94. The van der Waals surface area contributed by atoms with Crippen LogP contribution in [-0.4, -0.2) is 15.9 Å². The van der Waals surface area contributed by atoms with Crippen molar-refractivity contribution in [3.05, 3.63) is 164 Å². The first-order valence-corrected chi connectivity index (χ1v) is 18.1. The monoisotopic (exact) mass is 658 g/mol. The van der Waals surface area contributed by atoms with Crippen molar-refractivity contribution in [2.45, 2.75) is 0 Å². The number of rotatable bonds is 2. The molecular weight excluding hydrogens is 631 g/mol. The number of nitrogens with zero attached hydrogens (tertiary/aromatic N) is 2. The van der Waals surface area contributed by atoms with Gasteiger partial charge >= 0.3 is 6.85 Å². The Morgan fingerprint density at radius 2 is 1.13 bits per heavy atom. The van der Waals surface area contributed by atoms with E-state index in [1.807, 2.05) is 0 Å². The predicted molar refractivity (Wildman–Crippen MR) is 218 cm³/mol. The van der Waals surface area contributed by atoms with E-state index in [-0.39, 0.29) is 6.85 Å². The predicted octanol–water partition coefficient (Wildman–Crippen LogP) is 11.1. The van der Waals surface area contributed by atoms with E-state index in [0.29, 0.717) is 0 Å². The van der Waals surface area contributed by atoms with Crippen LogP contribution in [-0.2, 0) is 0 Å². The molecule has 52 heavy (non-hydrogen) atoms. The van der Waals surface area contributed by atoms with Crippen LogP contribution in [0, 0.1) is 0 Å². The number of aromatic nitrogens is 2. The molecule has 13 rings (SSSR count). The van der Waals surface area contributed by atoms with Crippen molar-refractivity contribution < 1.29 is 4.42 Å². The minimum atomic E-state index is -0.0445. The first-order valence-electron chi connectivity index (χ1n) is 18.1. The molecule has 0 fully saturated rings. The molecule has 0 N–H and O–H groups in total. The van der Waals surface area contributed by atoms with E-state index >= 15 is 0 Å². The average Bonchev–Trinajstić information content (AvgIpc) is 3.87. The fraction of sp³-hybridized carbons (Fsp3) is 0. The minimum absolute atomic E-state index is 0.0445. The van der Waals surface area contributed by atoms with Crippen LogP contribution in [0.5, 0.6) is 0 Å². The molecule has 5 heterocycles. The SMILES string of the molecule is c1ccc(-c2ccc3c(c2)c2cc(-c4ccccc4)cc4c2n3-c2c3c(cc5oc6ccccc6c25)-c2cccc5c6ccccc6n(c25)B34)cc1. The second-order valence-corrected chi connectivity index (χ2v) is 14.4. The van der Waals surface area contributed by atoms with Gasteiger partial charge in [-0.2, -0.15) is 0 Å². The van der Waals surface area contributed by atoms with Gasteiger partial charge in [0.1, 0.15) is 11.2 Å². The Bertz CT molecular complexity index is 3350. The molecule has 0 amide bonds. The summed E-state index contributed by atoms with van der Waals surface area (Å²) in [5.41, 5.74) is 18.2. The van der Waals surface area contributed by atoms with Gasteiger partial charge in [-0.05, 0) is 75.1 Å². The normalized spacial score (nSPS) is 13.0. The van der Waals surface area contributed by atoms with Gasteiger partial charge in [0, 0.05) is 43.5 Å². The maximum absolute atomic E-state index is 6.77. The summed E-state index contributed by atoms with van der Waals surface area (Å²) in [4.78, 5) is 0. The second kappa shape index (κ2) is 9.51. The molecule has 4 heteroatoms. The molecule has 0 radical (unpaired) electrons. The summed E-state index contributed by atoms with van der Waals surface area (Å²) in [6, 6.07) is 60.3. The van der Waals surface area contributed by atoms with E-state index in [9.17, 15) is 0 Å². The van der Waals surface area contributed by atoms with Gasteiger partial charge in [-0.1, -0.05) is 127 Å². The van der Waals surface area contributed by atoms with E-state index < -0.39 is 0 Å². The van der Waals surface area contributed by atoms with E-state index in [1.165, 1.54) is 99.0 Å². The summed E-state index contributed by atoms with van der Waals surface area (Å²) in [7, 11) is 0. The van der Waals surface area contributed by atoms with Crippen molar-refractivity contribution in [3.8, 4) is 39.1 Å². The van der Waals surface area contributed by atoms with Crippen molar-refractivity contribution >= 4 is 83.3 Å². The zero-order valence-electron chi connectivity index (χ0n) is 28.0. The van der Waals surface area contributed by atoms with Crippen LogP contribution < -0.4 is 10.9 Å². The first-order chi connectivity index (χ1) is 25.8. The van der Waals surface area contributed by atoms with Gasteiger partial charge in [-0.15, -0.1) is 0 Å². The van der Waals surface area contributed by atoms with Crippen LogP contribution in [0.2, 0.25) is 0 Å². The number of fused-ring (bicyclic) bond motifs is 14. The lowest BCUT2D eigenvalue weighted by Gasteiger charge is -2.34. The number of hydrogen-bond donors (Lipinski definition) is 0. The van der Waals surface area contributed by atoms with Crippen LogP contribution in [0.25, 0.3) is 105 Å². The molecule has 2 aliphatic rings. The standard InChI is InChI=1S/C48H27BN2O/c1-3-12-28(13-4-1)30-22-23-40-36(24-30)38-25-31(29-14-5-2-6-15-29)26-39-47(38)50(40)48-44-35-17-8-10-21-42(35)52-43(44)27-37-34-19-11-18-33-32-16-7-9-20-41(32)51(46(33)34)49(39)45(37)48/h1-27H. The number of benzene rings is 8. The molecule has 11 aromatic rings. The second-order valence-electron chi connectivity index (χ2n) is 14.4. The molecule has 0 aliphatic carbocycles. The van der Waals surface area contributed by atoms with Crippen LogP contribution in [0.3, 0.4) is 0 Å². The molecule has 238 valence electrons. The Morgan fingerprint density at radius 3 is 1.98 bits per heavy atom. The minimum Gasteiger partial charge on any atom is -0.456 e. The molecular formula is C48H27BN2O. The van der Waals surface area contributed by atoms with Gasteiger partial charge in [-0.3, -0.25) is 0 Å². The summed E-state index contributed by atoms with van der Waals surface area (Å²) in [6.07, 6.45) is 0. The number of para-hydroxylation sites is 3. The van der Waals surface area contributed by atoms with Crippen molar-refractivity contribution in [3.63, 3.8) is 0 Å². The van der Waals surface area contributed by atoms with Crippen LogP contribution >= 0.6 is 0 Å². The highest BCUT2D eigenvalue weighted by atomic mass is 16.3. The van der Waals surface area contributed by atoms with Crippen molar-refractivity contribution in [1.29, 1.82) is 0 Å². The highest BCUT2D eigenvalue weighted by molar-refractivity contribution is 6.90. The van der Waals surface area contributed by atoms with E-state index in [0.717, 1.165) is 16.6 Å².